The minimum absolute atomic E-state index is 0.257. The summed E-state index contributed by atoms with van der Waals surface area (Å²) in [5.74, 6) is 1.81. The van der Waals surface area contributed by atoms with Gasteiger partial charge in [0.1, 0.15) is 18.1 Å². The summed E-state index contributed by atoms with van der Waals surface area (Å²) in [4.78, 5) is 9.36. The van der Waals surface area contributed by atoms with Crippen molar-refractivity contribution < 1.29 is 9.15 Å². The minimum Gasteiger partial charge on any atom is -0.471 e. The highest BCUT2D eigenvalue weighted by atomic mass is 79.9. The highest BCUT2D eigenvalue weighted by Gasteiger charge is 2.17. The van der Waals surface area contributed by atoms with Crippen molar-refractivity contribution in [2.45, 2.75) is 20.5 Å². The summed E-state index contributed by atoms with van der Waals surface area (Å²) in [7, 11) is 1.90. The SMILES string of the molecule is Cc1oc(-c2cccc(Br)c2)nc1COc1cc(-c2ccccc2)c2c(C)nn(C)c2n1. The Balaban J connectivity index is 1.48. The maximum atomic E-state index is 6.10. The first-order chi connectivity index (χ1) is 15.5. The third-order valence-electron chi connectivity index (χ3n) is 5.35. The van der Waals surface area contributed by atoms with E-state index in [-0.39, 0.29) is 6.61 Å². The van der Waals surface area contributed by atoms with Gasteiger partial charge in [0.05, 0.1) is 11.1 Å². The average molecular weight is 489 g/mol. The Morgan fingerprint density at radius 2 is 1.75 bits per heavy atom. The fourth-order valence-corrected chi connectivity index (χ4v) is 4.19. The second-order valence-electron chi connectivity index (χ2n) is 7.60. The molecule has 0 aliphatic carbocycles. The summed E-state index contributed by atoms with van der Waals surface area (Å²) in [6.45, 7) is 4.15. The van der Waals surface area contributed by atoms with Crippen molar-refractivity contribution >= 4 is 27.0 Å². The van der Waals surface area contributed by atoms with E-state index in [0.717, 1.165) is 49.3 Å². The minimum atomic E-state index is 0.257. The lowest BCUT2D eigenvalue weighted by molar-refractivity contribution is 0.288. The van der Waals surface area contributed by atoms with E-state index in [1.165, 1.54) is 0 Å². The van der Waals surface area contributed by atoms with Crippen LogP contribution in [0.15, 0.2) is 69.6 Å². The van der Waals surface area contributed by atoms with Crippen LogP contribution in [0.1, 0.15) is 17.1 Å². The van der Waals surface area contributed by atoms with Crippen LogP contribution in [-0.2, 0) is 13.7 Å². The van der Waals surface area contributed by atoms with E-state index in [4.69, 9.17) is 14.1 Å². The third kappa shape index (κ3) is 3.80. The second kappa shape index (κ2) is 8.24. The van der Waals surface area contributed by atoms with Gasteiger partial charge in [-0.3, -0.25) is 4.68 Å². The molecular formula is C25H21BrN4O2. The number of pyridine rings is 1. The molecule has 5 rings (SSSR count). The summed E-state index contributed by atoms with van der Waals surface area (Å²) in [5, 5.41) is 5.59. The maximum Gasteiger partial charge on any atom is 0.226 e. The molecule has 0 radical (unpaired) electrons. The van der Waals surface area contributed by atoms with E-state index in [0.29, 0.717) is 11.8 Å². The van der Waals surface area contributed by atoms with Crippen LogP contribution < -0.4 is 4.74 Å². The summed E-state index contributed by atoms with van der Waals surface area (Å²) in [6, 6.07) is 20.0. The lowest BCUT2D eigenvalue weighted by Crippen LogP contribution is -2.01. The van der Waals surface area contributed by atoms with Crippen LogP contribution in [0.25, 0.3) is 33.6 Å². The molecule has 160 valence electrons. The van der Waals surface area contributed by atoms with Crippen LogP contribution in [0.3, 0.4) is 0 Å². The molecule has 0 spiro atoms. The van der Waals surface area contributed by atoms with Gasteiger partial charge in [-0.25, -0.2) is 4.98 Å². The normalized spacial score (nSPS) is 11.2. The van der Waals surface area contributed by atoms with Crippen LogP contribution >= 0.6 is 15.9 Å². The van der Waals surface area contributed by atoms with Gasteiger partial charge < -0.3 is 9.15 Å². The summed E-state index contributed by atoms with van der Waals surface area (Å²) >= 11 is 3.49. The van der Waals surface area contributed by atoms with E-state index in [2.05, 4.69) is 38.1 Å². The Morgan fingerprint density at radius 1 is 0.969 bits per heavy atom. The first kappa shape index (κ1) is 20.5. The summed E-state index contributed by atoms with van der Waals surface area (Å²) < 4.78 is 14.7. The first-order valence-corrected chi connectivity index (χ1v) is 11.0. The highest BCUT2D eigenvalue weighted by molar-refractivity contribution is 9.10. The Bertz CT molecular complexity index is 1420. The van der Waals surface area contributed by atoms with Crippen LogP contribution in [0, 0.1) is 13.8 Å². The molecule has 0 aliphatic rings. The molecule has 0 aliphatic heterocycles. The predicted octanol–water partition coefficient (Wildman–Crippen LogP) is 6.25. The zero-order valence-corrected chi connectivity index (χ0v) is 19.5. The van der Waals surface area contributed by atoms with Crippen LogP contribution in [0.4, 0.5) is 0 Å². The predicted molar refractivity (Wildman–Crippen MR) is 127 cm³/mol. The van der Waals surface area contributed by atoms with Gasteiger partial charge >= 0.3 is 0 Å². The fourth-order valence-electron chi connectivity index (χ4n) is 3.79. The number of aromatic nitrogens is 4. The second-order valence-corrected chi connectivity index (χ2v) is 8.52. The van der Waals surface area contributed by atoms with E-state index < -0.39 is 0 Å². The van der Waals surface area contributed by atoms with Gasteiger partial charge in [-0.1, -0.05) is 52.3 Å². The zero-order chi connectivity index (χ0) is 22.2. The highest BCUT2D eigenvalue weighted by Crippen LogP contribution is 2.33. The number of fused-ring (bicyclic) bond motifs is 1. The molecule has 7 heteroatoms. The smallest absolute Gasteiger partial charge is 0.226 e. The van der Waals surface area contributed by atoms with Crippen molar-refractivity contribution in [3.8, 4) is 28.5 Å². The van der Waals surface area contributed by atoms with E-state index >= 15 is 0 Å². The fraction of sp³-hybridized carbons (Fsp3) is 0.160. The molecular weight excluding hydrogens is 468 g/mol. The van der Waals surface area contributed by atoms with Gasteiger partial charge in [0.15, 0.2) is 5.65 Å². The molecule has 32 heavy (non-hydrogen) atoms. The number of ether oxygens (including phenoxy) is 1. The van der Waals surface area contributed by atoms with Crippen molar-refractivity contribution in [1.82, 2.24) is 19.7 Å². The van der Waals surface area contributed by atoms with Crippen molar-refractivity contribution in [2.75, 3.05) is 0 Å². The number of oxazole rings is 1. The summed E-state index contributed by atoms with van der Waals surface area (Å²) in [6.07, 6.45) is 0. The molecule has 0 unspecified atom stereocenters. The zero-order valence-electron chi connectivity index (χ0n) is 18.0. The quantitative estimate of drug-likeness (QED) is 0.292. The van der Waals surface area contributed by atoms with Crippen LogP contribution in [0.5, 0.6) is 5.88 Å². The van der Waals surface area contributed by atoms with Crippen molar-refractivity contribution in [2.24, 2.45) is 7.05 Å². The Morgan fingerprint density at radius 3 is 2.53 bits per heavy atom. The van der Waals surface area contributed by atoms with Crippen molar-refractivity contribution in [1.29, 1.82) is 0 Å². The van der Waals surface area contributed by atoms with Gasteiger partial charge in [0.25, 0.3) is 0 Å². The van der Waals surface area contributed by atoms with Crippen molar-refractivity contribution in [3.63, 3.8) is 0 Å². The van der Waals surface area contributed by atoms with Gasteiger partial charge in [-0.15, -0.1) is 0 Å². The monoisotopic (exact) mass is 488 g/mol. The number of aryl methyl sites for hydroxylation is 3. The maximum absolute atomic E-state index is 6.10. The average Bonchev–Trinajstić information content (AvgIpc) is 3.31. The standard InChI is InChI=1S/C25H21BrN4O2/c1-15-23-20(17-8-5-4-6-9-17)13-22(28-24(23)30(3)29-15)31-14-21-16(2)32-25(27-21)18-10-7-11-19(26)12-18/h4-13H,14H2,1-3H3. The molecule has 3 aromatic heterocycles. The Kier molecular flexibility index (Phi) is 5.27. The molecule has 0 N–H and O–H groups in total. The lowest BCUT2D eigenvalue weighted by Gasteiger charge is -2.09. The van der Waals surface area contributed by atoms with E-state index in [1.54, 1.807) is 4.68 Å². The van der Waals surface area contributed by atoms with Crippen LogP contribution in [-0.4, -0.2) is 19.7 Å². The number of hydrogen-bond donors (Lipinski definition) is 0. The Labute approximate surface area is 194 Å². The van der Waals surface area contributed by atoms with Crippen LogP contribution in [0.2, 0.25) is 0 Å². The lowest BCUT2D eigenvalue weighted by atomic mass is 10.0. The molecule has 0 bridgehead atoms. The molecule has 0 fully saturated rings. The van der Waals surface area contributed by atoms with Gasteiger partial charge in [-0.05, 0) is 43.2 Å². The first-order valence-electron chi connectivity index (χ1n) is 10.2. The van der Waals surface area contributed by atoms with Gasteiger partial charge in [0, 0.05) is 23.2 Å². The molecule has 3 heterocycles. The molecule has 0 saturated carbocycles. The molecule has 0 amide bonds. The topological polar surface area (TPSA) is 66.0 Å². The van der Waals surface area contributed by atoms with Gasteiger partial charge in [0.2, 0.25) is 11.8 Å². The number of benzene rings is 2. The Hall–Kier alpha value is -3.45. The number of hydrogen-bond acceptors (Lipinski definition) is 5. The molecule has 0 atom stereocenters. The molecule has 0 saturated heterocycles. The third-order valence-corrected chi connectivity index (χ3v) is 5.84. The van der Waals surface area contributed by atoms with E-state index in [1.807, 2.05) is 69.4 Å². The number of nitrogens with zero attached hydrogens (tertiary/aromatic N) is 4. The van der Waals surface area contributed by atoms with Crippen molar-refractivity contribution in [3.05, 3.63) is 82.3 Å². The largest absolute Gasteiger partial charge is 0.471 e. The number of rotatable bonds is 5. The van der Waals surface area contributed by atoms with E-state index in [9.17, 15) is 0 Å². The molecule has 2 aromatic carbocycles. The van der Waals surface area contributed by atoms with Gasteiger partial charge in [-0.2, -0.15) is 10.1 Å². The number of halogens is 1. The molecule has 5 aromatic rings. The summed E-state index contributed by atoms with van der Waals surface area (Å²) in [5.41, 5.74) is 5.50. The molecule has 6 nitrogen and oxygen atoms in total.